The van der Waals surface area contributed by atoms with Crippen LogP contribution in [0, 0.1) is 0 Å². The minimum atomic E-state index is -3.54. The van der Waals surface area contributed by atoms with Crippen molar-refractivity contribution in [3.63, 3.8) is 0 Å². The Bertz CT molecular complexity index is 829. The summed E-state index contributed by atoms with van der Waals surface area (Å²) in [6.07, 6.45) is 3.49. The number of nitrogens with one attached hydrogen (secondary N) is 2. The topological polar surface area (TPSA) is 93.1 Å². The van der Waals surface area contributed by atoms with Crippen LogP contribution in [0.2, 0.25) is 0 Å². The Balaban J connectivity index is 2.01. The van der Waals surface area contributed by atoms with Gasteiger partial charge in [-0.3, -0.25) is 4.79 Å². The highest BCUT2D eigenvalue weighted by Crippen LogP contribution is 2.22. The Kier molecular flexibility index (Phi) is 6.26. The van der Waals surface area contributed by atoms with Gasteiger partial charge in [-0.05, 0) is 45.0 Å². The third-order valence-corrected chi connectivity index (χ3v) is 6.10. The number of amides is 1. The molecule has 0 saturated heterocycles. The normalized spacial score (nSPS) is 13.0. The van der Waals surface area contributed by atoms with Gasteiger partial charge in [0.15, 0.2) is 5.16 Å². The number of thioether (sulfide) groups is 1. The summed E-state index contributed by atoms with van der Waals surface area (Å²) in [5.41, 5.74) is 0.542. The molecule has 0 unspecified atom stereocenters. The molecule has 0 aliphatic carbocycles. The van der Waals surface area contributed by atoms with Gasteiger partial charge in [-0.15, -0.1) is 0 Å². The van der Waals surface area contributed by atoms with E-state index in [4.69, 9.17) is 0 Å². The summed E-state index contributed by atoms with van der Waals surface area (Å²) in [5.74, 6) is -0.177. The minimum absolute atomic E-state index is 0.162. The Morgan fingerprint density at radius 1 is 1.20 bits per heavy atom. The number of rotatable bonds is 7. The Labute approximate surface area is 152 Å². The van der Waals surface area contributed by atoms with Crippen LogP contribution in [0.3, 0.4) is 0 Å². The quantitative estimate of drug-likeness (QED) is 0.716. The third-order valence-electron chi connectivity index (χ3n) is 3.25. The van der Waals surface area contributed by atoms with Crippen LogP contribution in [-0.2, 0) is 21.9 Å². The second-order valence-electron chi connectivity index (χ2n) is 5.87. The molecule has 0 bridgehead atoms. The second-order valence-corrected chi connectivity index (χ2v) is 8.89. The molecular formula is C16H22N4O3S2. The number of aryl methyl sites for hydroxylation is 1. The highest BCUT2D eigenvalue weighted by atomic mass is 32.2. The van der Waals surface area contributed by atoms with Gasteiger partial charge in [0.1, 0.15) is 0 Å². The number of benzene rings is 1. The van der Waals surface area contributed by atoms with Gasteiger partial charge < -0.3 is 9.88 Å². The maximum Gasteiger partial charge on any atom is 0.240 e. The van der Waals surface area contributed by atoms with Crippen LogP contribution in [0.25, 0.3) is 0 Å². The van der Waals surface area contributed by atoms with E-state index in [-0.39, 0.29) is 22.1 Å². The Morgan fingerprint density at radius 2 is 1.84 bits per heavy atom. The molecule has 0 aliphatic rings. The monoisotopic (exact) mass is 382 g/mol. The molecule has 0 fully saturated rings. The highest BCUT2D eigenvalue weighted by Gasteiger charge is 2.18. The summed E-state index contributed by atoms with van der Waals surface area (Å²) < 4.78 is 28.5. The predicted molar refractivity (Wildman–Crippen MR) is 99.1 cm³/mol. The van der Waals surface area contributed by atoms with Gasteiger partial charge in [0, 0.05) is 31.2 Å². The number of carbonyl (C=O) groups excluding carboxylic acids is 1. The lowest BCUT2D eigenvalue weighted by Crippen LogP contribution is -2.30. The van der Waals surface area contributed by atoms with Crippen molar-refractivity contribution in [2.24, 2.45) is 7.05 Å². The third kappa shape index (κ3) is 5.32. The number of hydrogen-bond acceptors (Lipinski definition) is 5. The molecule has 2 aromatic rings. The summed E-state index contributed by atoms with van der Waals surface area (Å²) in [5, 5.41) is 3.19. The van der Waals surface area contributed by atoms with Crippen molar-refractivity contribution in [2.45, 2.75) is 42.1 Å². The zero-order valence-electron chi connectivity index (χ0n) is 14.6. The highest BCUT2D eigenvalue weighted by molar-refractivity contribution is 8.00. The number of sulfonamides is 1. The number of imidazole rings is 1. The van der Waals surface area contributed by atoms with Crippen molar-refractivity contribution in [1.29, 1.82) is 0 Å². The summed E-state index contributed by atoms with van der Waals surface area (Å²) in [6, 6.07) is 5.90. The smallest absolute Gasteiger partial charge is 0.240 e. The molecule has 0 spiro atoms. The molecule has 1 atom stereocenters. The summed E-state index contributed by atoms with van der Waals surface area (Å²) >= 11 is 1.35. The zero-order chi connectivity index (χ0) is 18.6. The van der Waals surface area contributed by atoms with Crippen molar-refractivity contribution in [3.8, 4) is 0 Å². The number of anilines is 1. The van der Waals surface area contributed by atoms with Crippen LogP contribution in [0.15, 0.2) is 46.7 Å². The standard InChI is InChI=1S/C16H22N4O3S2/c1-11(2)19-25(22,23)14-7-5-13(6-8-14)18-15(21)12(3)24-16-17-9-10-20(16)4/h5-12,19H,1-4H3,(H,18,21)/t12-/m0/s1. The van der Waals surface area contributed by atoms with Crippen molar-refractivity contribution in [1.82, 2.24) is 14.3 Å². The lowest BCUT2D eigenvalue weighted by molar-refractivity contribution is -0.115. The number of aromatic nitrogens is 2. The Hall–Kier alpha value is -1.84. The van der Waals surface area contributed by atoms with E-state index < -0.39 is 10.0 Å². The van der Waals surface area contributed by atoms with Gasteiger partial charge in [0.05, 0.1) is 10.1 Å². The molecule has 1 heterocycles. The van der Waals surface area contributed by atoms with Gasteiger partial charge in [0.2, 0.25) is 15.9 Å². The van der Waals surface area contributed by atoms with Gasteiger partial charge in [-0.25, -0.2) is 18.1 Å². The lowest BCUT2D eigenvalue weighted by atomic mass is 10.3. The number of nitrogens with zero attached hydrogens (tertiary/aromatic N) is 2. The van der Waals surface area contributed by atoms with Gasteiger partial charge in [-0.2, -0.15) is 0 Å². The Morgan fingerprint density at radius 3 is 2.36 bits per heavy atom. The maximum absolute atomic E-state index is 12.3. The SMILES string of the molecule is CC(C)NS(=O)(=O)c1ccc(NC(=O)[C@H](C)Sc2nccn2C)cc1. The molecule has 0 saturated carbocycles. The summed E-state index contributed by atoms with van der Waals surface area (Å²) in [4.78, 5) is 16.6. The van der Waals surface area contributed by atoms with Crippen LogP contribution in [0.5, 0.6) is 0 Å². The van der Waals surface area contributed by atoms with Crippen molar-refractivity contribution >= 4 is 33.4 Å². The molecular weight excluding hydrogens is 360 g/mol. The lowest BCUT2D eigenvalue weighted by Gasteiger charge is -2.13. The van der Waals surface area contributed by atoms with Crippen molar-refractivity contribution in [3.05, 3.63) is 36.7 Å². The van der Waals surface area contributed by atoms with Crippen LogP contribution < -0.4 is 10.0 Å². The maximum atomic E-state index is 12.3. The van der Waals surface area contributed by atoms with E-state index >= 15 is 0 Å². The molecule has 1 aromatic heterocycles. The first-order valence-electron chi connectivity index (χ1n) is 7.76. The second kappa shape index (κ2) is 8.03. The molecule has 136 valence electrons. The fourth-order valence-electron chi connectivity index (χ4n) is 2.02. The van der Waals surface area contributed by atoms with Crippen molar-refractivity contribution < 1.29 is 13.2 Å². The largest absolute Gasteiger partial charge is 0.329 e. The van der Waals surface area contributed by atoms with Gasteiger partial charge in [0.25, 0.3) is 0 Å². The number of hydrogen-bond donors (Lipinski definition) is 2. The molecule has 0 radical (unpaired) electrons. The molecule has 25 heavy (non-hydrogen) atoms. The summed E-state index contributed by atoms with van der Waals surface area (Å²) in [7, 11) is -1.67. The van der Waals surface area contributed by atoms with Crippen LogP contribution >= 0.6 is 11.8 Å². The molecule has 0 aliphatic heterocycles. The molecule has 1 amide bonds. The molecule has 9 heteroatoms. The number of carbonyl (C=O) groups is 1. The fourth-order valence-corrected chi connectivity index (χ4v) is 4.10. The zero-order valence-corrected chi connectivity index (χ0v) is 16.2. The van der Waals surface area contributed by atoms with Gasteiger partial charge in [-0.1, -0.05) is 11.8 Å². The van der Waals surface area contributed by atoms with E-state index in [2.05, 4.69) is 15.0 Å². The van der Waals surface area contributed by atoms with E-state index in [0.29, 0.717) is 5.69 Å². The van der Waals surface area contributed by atoms with E-state index in [1.807, 2.05) is 17.8 Å². The first-order valence-corrected chi connectivity index (χ1v) is 10.1. The average Bonchev–Trinajstić information content (AvgIpc) is 2.91. The van der Waals surface area contributed by atoms with E-state index in [1.54, 1.807) is 39.1 Å². The predicted octanol–water partition coefficient (Wildman–Crippen LogP) is 2.23. The molecule has 7 nitrogen and oxygen atoms in total. The molecule has 2 rings (SSSR count). The summed E-state index contributed by atoms with van der Waals surface area (Å²) in [6.45, 7) is 5.31. The average molecular weight is 383 g/mol. The van der Waals surface area contributed by atoms with Gasteiger partial charge >= 0.3 is 0 Å². The van der Waals surface area contributed by atoms with Crippen LogP contribution in [0.4, 0.5) is 5.69 Å². The van der Waals surface area contributed by atoms with Crippen LogP contribution in [-0.4, -0.2) is 35.2 Å². The minimum Gasteiger partial charge on any atom is -0.329 e. The first-order chi connectivity index (χ1) is 11.7. The molecule has 2 N–H and O–H groups in total. The fraction of sp³-hybridized carbons (Fsp3) is 0.375. The van der Waals surface area contributed by atoms with E-state index in [0.717, 1.165) is 5.16 Å². The first kappa shape index (κ1) is 19.5. The van der Waals surface area contributed by atoms with E-state index in [1.165, 1.54) is 23.9 Å². The van der Waals surface area contributed by atoms with Crippen molar-refractivity contribution in [2.75, 3.05) is 5.32 Å². The van der Waals surface area contributed by atoms with E-state index in [9.17, 15) is 13.2 Å². The van der Waals surface area contributed by atoms with Crippen LogP contribution in [0.1, 0.15) is 20.8 Å². The molecule has 1 aromatic carbocycles.